The standard InChI is InChI=1S/C12H27NO3/c1-4-12(9-14,10-15)13-6-8-16-7-5-11(2)3/h11,13-15H,4-10H2,1-3H3. The van der Waals surface area contributed by atoms with Crippen LogP contribution >= 0.6 is 0 Å². The number of aliphatic hydroxyl groups is 2. The molecule has 0 aliphatic heterocycles. The van der Waals surface area contributed by atoms with Crippen molar-refractivity contribution in [3.05, 3.63) is 0 Å². The van der Waals surface area contributed by atoms with E-state index in [1.54, 1.807) is 0 Å². The largest absolute Gasteiger partial charge is 0.394 e. The second-order valence-corrected chi connectivity index (χ2v) is 4.67. The molecule has 0 aliphatic rings. The smallest absolute Gasteiger partial charge is 0.0646 e. The van der Waals surface area contributed by atoms with E-state index in [4.69, 9.17) is 4.74 Å². The Bertz CT molecular complexity index is 150. The van der Waals surface area contributed by atoms with E-state index >= 15 is 0 Å². The van der Waals surface area contributed by atoms with Gasteiger partial charge in [-0.3, -0.25) is 0 Å². The molecule has 0 fully saturated rings. The van der Waals surface area contributed by atoms with Crippen molar-refractivity contribution in [1.29, 1.82) is 0 Å². The molecule has 0 rings (SSSR count). The first-order valence-electron chi connectivity index (χ1n) is 6.14. The van der Waals surface area contributed by atoms with Crippen LogP contribution in [0, 0.1) is 5.92 Å². The van der Waals surface area contributed by atoms with Gasteiger partial charge in [-0.2, -0.15) is 0 Å². The fourth-order valence-electron chi connectivity index (χ4n) is 1.32. The molecular formula is C12H27NO3. The van der Waals surface area contributed by atoms with E-state index < -0.39 is 5.54 Å². The summed E-state index contributed by atoms with van der Waals surface area (Å²) in [5, 5.41) is 21.5. The van der Waals surface area contributed by atoms with Gasteiger partial charge in [0.25, 0.3) is 0 Å². The van der Waals surface area contributed by atoms with Crippen LogP contribution in [0.4, 0.5) is 0 Å². The SMILES string of the molecule is CCC(CO)(CO)NCCOCCC(C)C. The predicted molar refractivity (Wildman–Crippen MR) is 65.5 cm³/mol. The lowest BCUT2D eigenvalue weighted by molar-refractivity contribution is 0.0703. The van der Waals surface area contributed by atoms with Crippen molar-refractivity contribution in [2.75, 3.05) is 33.0 Å². The summed E-state index contributed by atoms with van der Waals surface area (Å²) >= 11 is 0. The van der Waals surface area contributed by atoms with Crippen molar-refractivity contribution in [2.24, 2.45) is 5.92 Å². The third-order valence-corrected chi connectivity index (χ3v) is 2.87. The van der Waals surface area contributed by atoms with Crippen LogP contribution in [-0.2, 0) is 4.74 Å². The molecule has 0 aromatic carbocycles. The van der Waals surface area contributed by atoms with Crippen LogP contribution in [0.5, 0.6) is 0 Å². The number of hydrogen-bond acceptors (Lipinski definition) is 4. The summed E-state index contributed by atoms with van der Waals surface area (Å²) in [6, 6.07) is 0. The normalized spacial score (nSPS) is 12.4. The maximum atomic E-state index is 9.19. The average Bonchev–Trinajstić information content (AvgIpc) is 2.29. The highest BCUT2D eigenvalue weighted by atomic mass is 16.5. The van der Waals surface area contributed by atoms with Gasteiger partial charge in [0, 0.05) is 13.2 Å². The van der Waals surface area contributed by atoms with Gasteiger partial charge in [-0.15, -0.1) is 0 Å². The zero-order valence-electron chi connectivity index (χ0n) is 10.8. The van der Waals surface area contributed by atoms with Crippen molar-refractivity contribution in [1.82, 2.24) is 5.32 Å². The van der Waals surface area contributed by atoms with Crippen molar-refractivity contribution in [3.8, 4) is 0 Å². The third-order valence-electron chi connectivity index (χ3n) is 2.87. The maximum absolute atomic E-state index is 9.19. The molecule has 0 aromatic heterocycles. The number of hydrogen-bond donors (Lipinski definition) is 3. The van der Waals surface area contributed by atoms with Gasteiger partial charge >= 0.3 is 0 Å². The van der Waals surface area contributed by atoms with Gasteiger partial charge in [-0.25, -0.2) is 0 Å². The van der Waals surface area contributed by atoms with Crippen LogP contribution in [0.3, 0.4) is 0 Å². The second-order valence-electron chi connectivity index (χ2n) is 4.67. The van der Waals surface area contributed by atoms with E-state index in [1.807, 2.05) is 6.92 Å². The Balaban J connectivity index is 3.55. The third kappa shape index (κ3) is 6.43. The summed E-state index contributed by atoms with van der Waals surface area (Å²) in [5.41, 5.74) is -0.554. The van der Waals surface area contributed by atoms with Gasteiger partial charge in [0.15, 0.2) is 0 Å². The first kappa shape index (κ1) is 15.8. The molecule has 0 bridgehead atoms. The number of rotatable bonds is 10. The van der Waals surface area contributed by atoms with Gasteiger partial charge < -0.3 is 20.3 Å². The molecule has 0 saturated carbocycles. The van der Waals surface area contributed by atoms with Crippen LogP contribution < -0.4 is 5.32 Å². The summed E-state index contributed by atoms with van der Waals surface area (Å²) < 4.78 is 5.45. The Morgan fingerprint density at radius 3 is 2.25 bits per heavy atom. The van der Waals surface area contributed by atoms with Gasteiger partial charge in [0.05, 0.1) is 25.4 Å². The Hall–Kier alpha value is -0.160. The highest BCUT2D eigenvalue weighted by Gasteiger charge is 2.25. The monoisotopic (exact) mass is 233 g/mol. The summed E-state index contributed by atoms with van der Waals surface area (Å²) in [7, 11) is 0. The lowest BCUT2D eigenvalue weighted by Gasteiger charge is -2.29. The minimum atomic E-state index is -0.554. The molecular weight excluding hydrogens is 206 g/mol. The molecule has 0 heterocycles. The van der Waals surface area contributed by atoms with Gasteiger partial charge in [0.2, 0.25) is 0 Å². The summed E-state index contributed by atoms with van der Waals surface area (Å²) in [6.07, 6.45) is 1.77. The van der Waals surface area contributed by atoms with Crippen LogP contribution in [0.1, 0.15) is 33.6 Å². The first-order valence-corrected chi connectivity index (χ1v) is 6.14. The van der Waals surface area contributed by atoms with E-state index in [2.05, 4.69) is 19.2 Å². The molecule has 0 atom stereocenters. The van der Waals surface area contributed by atoms with E-state index in [-0.39, 0.29) is 13.2 Å². The molecule has 4 heteroatoms. The van der Waals surface area contributed by atoms with Crippen molar-refractivity contribution >= 4 is 0 Å². The minimum Gasteiger partial charge on any atom is -0.394 e. The lowest BCUT2D eigenvalue weighted by atomic mass is 9.99. The highest BCUT2D eigenvalue weighted by Crippen LogP contribution is 2.07. The fraction of sp³-hybridized carbons (Fsp3) is 1.00. The molecule has 3 N–H and O–H groups in total. The van der Waals surface area contributed by atoms with E-state index in [0.29, 0.717) is 25.5 Å². The number of aliphatic hydroxyl groups excluding tert-OH is 2. The van der Waals surface area contributed by atoms with Gasteiger partial charge in [-0.05, 0) is 18.8 Å². The predicted octanol–water partition coefficient (Wildman–Crippen LogP) is 0.772. The first-order chi connectivity index (χ1) is 7.60. The quantitative estimate of drug-likeness (QED) is 0.488. The van der Waals surface area contributed by atoms with Crippen LogP contribution in [-0.4, -0.2) is 48.7 Å². The molecule has 16 heavy (non-hydrogen) atoms. The Morgan fingerprint density at radius 2 is 1.81 bits per heavy atom. The molecule has 4 nitrogen and oxygen atoms in total. The van der Waals surface area contributed by atoms with E-state index in [9.17, 15) is 10.2 Å². The Kier molecular flexibility index (Phi) is 8.84. The molecule has 98 valence electrons. The number of ether oxygens (including phenoxy) is 1. The summed E-state index contributed by atoms with van der Waals surface area (Å²) in [5.74, 6) is 0.664. The Morgan fingerprint density at radius 1 is 1.19 bits per heavy atom. The van der Waals surface area contributed by atoms with E-state index in [1.165, 1.54) is 0 Å². The molecule has 0 aromatic rings. The molecule has 0 saturated heterocycles. The topological polar surface area (TPSA) is 61.7 Å². The second kappa shape index (κ2) is 8.93. The van der Waals surface area contributed by atoms with Crippen molar-refractivity contribution in [3.63, 3.8) is 0 Å². The molecule has 0 amide bonds. The number of nitrogens with one attached hydrogen (secondary N) is 1. The van der Waals surface area contributed by atoms with Gasteiger partial charge in [0.1, 0.15) is 0 Å². The summed E-state index contributed by atoms with van der Waals surface area (Å²) in [4.78, 5) is 0. The maximum Gasteiger partial charge on any atom is 0.0646 e. The zero-order chi connectivity index (χ0) is 12.4. The molecule has 0 spiro atoms. The van der Waals surface area contributed by atoms with Crippen LogP contribution in [0.25, 0.3) is 0 Å². The van der Waals surface area contributed by atoms with Gasteiger partial charge in [-0.1, -0.05) is 20.8 Å². The summed E-state index contributed by atoms with van der Waals surface area (Å²) in [6.45, 7) is 8.23. The minimum absolute atomic E-state index is 0.0496. The zero-order valence-corrected chi connectivity index (χ0v) is 10.8. The molecule has 0 aliphatic carbocycles. The van der Waals surface area contributed by atoms with E-state index in [0.717, 1.165) is 13.0 Å². The lowest BCUT2D eigenvalue weighted by Crippen LogP contribution is -2.52. The van der Waals surface area contributed by atoms with Crippen molar-refractivity contribution < 1.29 is 14.9 Å². The highest BCUT2D eigenvalue weighted by molar-refractivity contribution is 4.84. The fourth-order valence-corrected chi connectivity index (χ4v) is 1.32. The van der Waals surface area contributed by atoms with Crippen molar-refractivity contribution in [2.45, 2.75) is 39.2 Å². The van der Waals surface area contributed by atoms with Crippen LogP contribution in [0.15, 0.2) is 0 Å². The van der Waals surface area contributed by atoms with Crippen LogP contribution in [0.2, 0.25) is 0 Å². The molecule has 0 unspecified atom stereocenters. The average molecular weight is 233 g/mol. The Labute approximate surface area is 99.0 Å². The molecule has 0 radical (unpaired) electrons.